The van der Waals surface area contributed by atoms with Crippen molar-refractivity contribution < 1.29 is 22.7 Å². The van der Waals surface area contributed by atoms with Crippen molar-refractivity contribution in [2.75, 3.05) is 6.26 Å². The summed E-state index contributed by atoms with van der Waals surface area (Å²) in [5.74, 6) is -1.26. The molecule has 1 aromatic heterocycles. The molecule has 0 unspecified atom stereocenters. The number of ether oxygens (including phenoxy) is 1. The molecule has 7 nitrogen and oxygen atoms in total. The summed E-state index contributed by atoms with van der Waals surface area (Å²) in [6, 6.07) is 6.40. The van der Waals surface area contributed by atoms with Gasteiger partial charge in [0.05, 0.1) is 10.6 Å². The minimum absolute atomic E-state index is 0.0359. The summed E-state index contributed by atoms with van der Waals surface area (Å²) in [6.45, 7) is -0.0359. The van der Waals surface area contributed by atoms with Crippen LogP contribution in [0.5, 0.6) is 0 Å². The normalized spacial score (nSPS) is 15.6. The number of carbonyl (C=O) groups excluding carboxylic acids is 2. The first-order valence-electron chi connectivity index (χ1n) is 7.44. The molecule has 1 fully saturated rings. The van der Waals surface area contributed by atoms with Gasteiger partial charge in [-0.2, -0.15) is 0 Å². The zero-order valence-electron chi connectivity index (χ0n) is 13.4. The van der Waals surface area contributed by atoms with E-state index in [1.54, 1.807) is 17.5 Å². The highest BCUT2D eigenvalue weighted by atomic mass is 32.2. The highest BCUT2D eigenvalue weighted by Crippen LogP contribution is 2.46. The van der Waals surface area contributed by atoms with Crippen LogP contribution >= 0.6 is 11.3 Å². The van der Waals surface area contributed by atoms with Gasteiger partial charge in [0.1, 0.15) is 17.0 Å². The van der Waals surface area contributed by atoms with E-state index in [-0.39, 0.29) is 11.5 Å². The van der Waals surface area contributed by atoms with Gasteiger partial charge in [-0.3, -0.25) is 9.59 Å². The van der Waals surface area contributed by atoms with Crippen molar-refractivity contribution in [3.8, 4) is 10.6 Å². The topological polar surface area (TPSA) is 116 Å². The molecule has 0 spiro atoms. The highest BCUT2D eigenvalue weighted by Gasteiger charge is 2.57. The Morgan fingerprint density at radius 3 is 2.44 bits per heavy atom. The first-order valence-corrected chi connectivity index (χ1v) is 10.2. The van der Waals surface area contributed by atoms with Crippen LogP contribution in [0.25, 0.3) is 10.6 Å². The molecule has 2 aromatic rings. The number of primary amides is 1. The first-order chi connectivity index (χ1) is 11.7. The average Bonchev–Trinajstić information content (AvgIpc) is 3.25. The number of thiazole rings is 1. The molecule has 2 N–H and O–H groups in total. The molecule has 0 atom stereocenters. The molecular weight excluding hydrogens is 364 g/mol. The molecule has 25 heavy (non-hydrogen) atoms. The van der Waals surface area contributed by atoms with E-state index in [1.165, 1.54) is 23.5 Å². The number of hydrogen-bond acceptors (Lipinski definition) is 7. The fraction of sp³-hybridized carbons (Fsp3) is 0.312. The van der Waals surface area contributed by atoms with Gasteiger partial charge >= 0.3 is 5.97 Å². The van der Waals surface area contributed by atoms with E-state index in [4.69, 9.17) is 10.5 Å². The zero-order valence-corrected chi connectivity index (χ0v) is 15.0. The number of rotatable bonds is 6. The summed E-state index contributed by atoms with van der Waals surface area (Å²) >= 11 is 1.35. The predicted octanol–water partition coefficient (Wildman–Crippen LogP) is 1.52. The molecule has 0 radical (unpaired) electrons. The van der Waals surface area contributed by atoms with Crippen molar-refractivity contribution >= 4 is 33.1 Å². The fourth-order valence-corrected chi connectivity index (χ4v) is 3.75. The zero-order chi connectivity index (χ0) is 18.2. The van der Waals surface area contributed by atoms with Crippen LogP contribution in [0, 0.1) is 5.41 Å². The van der Waals surface area contributed by atoms with Crippen LogP contribution in [0.15, 0.2) is 34.5 Å². The molecule has 0 aliphatic heterocycles. The number of esters is 1. The summed E-state index contributed by atoms with van der Waals surface area (Å²) in [5.41, 5.74) is 5.40. The molecule has 0 saturated heterocycles. The van der Waals surface area contributed by atoms with Crippen LogP contribution < -0.4 is 5.73 Å². The van der Waals surface area contributed by atoms with Gasteiger partial charge in [0.2, 0.25) is 5.91 Å². The molecule has 0 bridgehead atoms. The maximum atomic E-state index is 11.9. The van der Waals surface area contributed by atoms with Gasteiger partial charge in [-0.25, -0.2) is 13.4 Å². The molecule has 1 aliphatic rings. The van der Waals surface area contributed by atoms with Gasteiger partial charge in [-0.15, -0.1) is 11.3 Å². The van der Waals surface area contributed by atoms with Crippen molar-refractivity contribution in [2.45, 2.75) is 24.3 Å². The Labute approximate surface area is 148 Å². The van der Waals surface area contributed by atoms with Crippen LogP contribution in [0.1, 0.15) is 18.5 Å². The predicted molar refractivity (Wildman–Crippen MR) is 91.3 cm³/mol. The van der Waals surface area contributed by atoms with Gasteiger partial charge in [0, 0.05) is 17.2 Å². The van der Waals surface area contributed by atoms with Crippen molar-refractivity contribution in [1.82, 2.24) is 4.98 Å². The second kappa shape index (κ2) is 6.23. The third-order valence-corrected chi connectivity index (χ3v) is 6.11. The monoisotopic (exact) mass is 380 g/mol. The Bertz CT molecular complexity index is 928. The van der Waals surface area contributed by atoms with E-state index in [9.17, 15) is 18.0 Å². The molecule has 1 amide bonds. The van der Waals surface area contributed by atoms with Crippen molar-refractivity contribution in [3.63, 3.8) is 0 Å². The summed E-state index contributed by atoms with van der Waals surface area (Å²) in [5, 5.41) is 2.43. The van der Waals surface area contributed by atoms with Crippen LogP contribution in [-0.2, 0) is 30.8 Å². The summed E-state index contributed by atoms with van der Waals surface area (Å²) in [4.78, 5) is 27.8. The van der Waals surface area contributed by atoms with Gasteiger partial charge in [-0.05, 0) is 25.0 Å². The van der Waals surface area contributed by atoms with Crippen LogP contribution in [0.2, 0.25) is 0 Å². The molecule has 3 rings (SSSR count). The second-order valence-corrected chi connectivity index (χ2v) is 8.84. The molecule has 1 saturated carbocycles. The molecule has 1 heterocycles. The number of aromatic nitrogens is 1. The minimum Gasteiger partial charge on any atom is -0.458 e. The number of carbonyl (C=O) groups is 2. The summed E-state index contributed by atoms with van der Waals surface area (Å²) < 4.78 is 28.1. The fourth-order valence-electron chi connectivity index (χ4n) is 2.30. The molecule has 9 heteroatoms. The van der Waals surface area contributed by atoms with Crippen molar-refractivity contribution in [2.24, 2.45) is 11.1 Å². The van der Waals surface area contributed by atoms with E-state index in [1.807, 2.05) is 0 Å². The van der Waals surface area contributed by atoms with Crippen molar-refractivity contribution in [3.05, 3.63) is 35.3 Å². The van der Waals surface area contributed by atoms with E-state index >= 15 is 0 Å². The third kappa shape index (κ3) is 3.57. The number of benzene rings is 1. The molecule has 1 aromatic carbocycles. The summed E-state index contributed by atoms with van der Waals surface area (Å²) in [6.07, 6.45) is 2.00. The Kier molecular flexibility index (Phi) is 4.38. The van der Waals surface area contributed by atoms with Crippen LogP contribution in [0.3, 0.4) is 0 Å². The van der Waals surface area contributed by atoms with E-state index < -0.39 is 27.1 Å². The maximum Gasteiger partial charge on any atom is 0.322 e. The number of nitrogens with zero attached hydrogens (tertiary/aromatic N) is 1. The van der Waals surface area contributed by atoms with E-state index in [2.05, 4.69) is 4.98 Å². The van der Waals surface area contributed by atoms with Gasteiger partial charge < -0.3 is 10.5 Å². The van der Waals surface area contributed by atoms with Crippen LogP contribution in [0.4, 0.5) is 0 Å². The smallest absolute Gasteiger partial charge is 0.322 e. The Hall–Kier alpha value is -2.26. The lowest BCUT2D eigenvalue weighted by Crippen LogP contribution is -2.33. The molecule has 132 valence electrons. The lowest BCUT2D eigenvalue weighted by Gasteiger charge is -2.09. The Morgan fingerprint density at radius 2 is 1.92 bits per heavy atom. The lowest BCUT2D eigenvalue weighted by atomic mass is 10.1. The number of hydrogen-bond donors (Lipinski definition) is 1. The highest BCUT2D eigenvalue weighted by molar-refractivity contribution is 7.90. The number of amides is 1. The molecule has 1 aliphatic carbocycles. The lowest BCUT2D eigenvalue weighted by molar-refractivity contribution is -0.155. The van der Waals surface area contributed by atoms with Gasteiger partial charge in [-0.1, -0.05) is 12.1 Å². The van der Waals surface area contributed by atoms with Gasteiger partial charge in [0.15, 0.2) is 9.84 Å². The minimum atomic E-state index is -3.24. The largest absolute Gasteiger partial charge is 0.458 e. The van der Waals surface area contributed by atoms with Crippen molar-refractivity contribution in [1.29, 1.82) is 0 Å². The Balaban J connectivity index is 1.67. The SMILES string of the molecule is CS(=O)(=O)c1ccc(-c2nc(COC(=O)C3(C(N)=O)CC3)cs2)cc1. The first kappa shape index (κ1) is 17.6. The third-order valence-electron chi connectivity index (χ3n) is 4.04. The standard InChI is InChI=1S/C16H16N2O5S2/c1-25(21,22)12-4-2-10(3-5-12)13-18-11(9-24-13)8-23-15(20)16(6-7-16)14(17)19/h2-5,9H,6-8H2,1H3,(H2,17,19). The maximum absolute atomic E-state index is 11.9. The summed E-state index contributed by atoms with van der Waals surface area (Å²) in [7, 11) is -3.24. The Morgan fingerprint density at radius 1 is 1.28 bits per heavy atom. The average molecular weight is 380 g/mol. The van der Waals surface area contributed by atoms with Gasteiger partial charge in [0.25, 0.3) is 0 Å². The second-order valence-electron chi connectivity index (χ2n) is 5.96. The van der Waals surface area contributed by atoms with Crippen LogP contribution in [-0.4, -0.2) is 31.5 Å². The molecular formula is C16H16N2O5S2. The van der Waals surface area contributed by atoms with E-state index in [0.717, 1.165) is 11.8 Å². The quantitative estimate of drug-likeness (QED) is 0.600. The number of sulfone groups is 1. The van der Waals surface area contributed by atoms with E-state index in [0.29, 0.717) is 23.5 Å². The number of nitrogens with two attached hydrogens (primary N) is 1.